The van der Waals surface area contributed by atoms with Gasteiger partial charge in [0.25, 0.3) is 5.91 Å². The molecule has 0 aliphatic rings. The van der Waals surface area contributed by atoms with Crippen molar-refractivity contribution in [2.45, 2.75) is 13.8 Å². The minimum atomic E-state index is -1.01. The van der Waals surface area contributed by atoms with Crippen molar-refractivity contribution in [3.8, 4) is 0 Å². The smallest absolute Gasteiger partial charge is 0.256 e. The Morgan fingerprint density at radius 3 is 2.13 bits per heavy atom. The highest BCUT2D eigenvalue weighted by atomic mass is 19.1. The second-order valence-electron chi connectivity index (χ2n) is 4.91. The van der Waals surface area contributed by atoms with Crippen LogP contribution in [0.5, 0.6) is 0 Å². The highest BCUT2D eigenvalue weighted by Gasteiger charge is 2.16. The molecule has 0 heterocycles. The van der Waals surface area contributed by atoms with Gasteiger partial charge in [-0.2, -0.15) is 0 Å². The number of anilines is 2. The van der Waals surface area contributed by atoms with Gasteiger partial charge >= 0.3 is 0 Å². The Balaban J connectivity index is 2.33. The fourth-order valence-corrected chi connectivity index (χ4v) is 1.96. The number of carbonyl (C=O) groups is 2. The maximum absolute atomic E-state index is 13.8. The topological polar surface area (TPSA) is 58.2 Å². The summed E-state index contributed by atoms with van der Waals surface area (Å²) in [5.41, 5.74) is -0.0859. The largest absolute Gasteiger partial charge is 0.324 e. The summed E-state index contributed by atoms with van der Waals surface area (Å²) in [7, 11) is 0. The first kappa shape index (κ1) is 16.5. The number of rotatable bonds is 3. The Labute approximate surface area is 130 Å². The molecule has 2 rings (SSSR count). The first-order chi connectivity index (χ1) is 10.8. The van der Waals surface area contributed by atoms with Gasteiger partial charge in [0.2, 0.25) is 5.91 Å². The van der Waals surface area contributed by atoms with E-state index >= 15 is 0 Å². The molecule has 0 saturated heterocycles. The third-order valence-electron chi connectivity index (χ3n) is 3.06. The molecule has 0 aliphatic carbocycles. The van der Waals surface area contributed by atoms with Crippen LogP contribution in [-0.2, 0) is 4.79 Å². The SMILES string of the molecule is CC(=O)Nc1cc(NC(=O)c2cc(F)ccc2C)c(F)cc1F. The molecule has 0 saturated carbocycles. The monoisotopic (exact) mass is 322 g/mol. The molecule has 0 bridgehead atoms. The maximum atomic E-state index is 13.8. The summed E-state index contributed by atoms with van der Waals surface area (Å²) in [6, 6.07) is 5.12. The summed E-state index contributed by atoms with van der Waals surface area (Å²) in [5.74, 6) is -3.90. The van der Waals surface area contributed by atoms with Gasteiger partial charge in [0.1, 0.15) is 17.5 Å². The molecule has 2 N–H and O–H groups in total. The van der Waals surface area contributed by atoms with Gasteiger partial charge in [0.15, 0.2) is 0 Å². The number of halogens is 3. The fraction of sp³-hybridized carbons (Fsp3) is 0.125. The van der Waals surface area contributed by atoms with Crippen molar-refractivity contribution in [2.24, 2.45) is 0 Å². The molecule has 0 aliphatic heterocycles. The molecule has 7 heteroatoms. The summed E-state index contributed by atoms with van der Waals surface area (Å²) in [6.07, 6.45) is 0. The van der Waals surface area contributed by atoms with E-state index in [4.69, 9.17) is 0 Å². The highest BCUT2D eigenvalue weighted by Crippen LogP contribution is 2.24. The molecule has 0 fully saturated rings. The average molecular weight is 322 g/mol. The molecule has 2 aromatic rings. The van der Waals surface area contributed by atoms with E-state index in [-0.39, 0.29) is 16.9 Å². The summed E-state index contributed by atoms with van der Waals surface area (Å²) >= 11 is 0. The third kappa shape index (κ3) is 3.88. The maximum Gasteiger partial charge on any atom is 0.256 e. The summed E-state index contributed by atoms with van der Waals surface area (Å²) in [5, 5.41) is 4.42. The fourth-order valence-electron chi connectivity index (χ4n) is 1.96. The van der Waals surface area contributed by atoms with Crippen LogP contribution in [0, 0.1) is 24.4 Å². The Morgan fingerprint density at radius 2 is 1.52 bits per heavy atom. The minimum absolute atomic E-state index is 0.0230. The lowest BCUT2D eigenvalue weighted by Crippen LogP contribution is -2.16. The molecule has 4 nitrogen and oxygen atoms in total. The number of carbonyl (C=O) groups excluding carboxylic acids is 2. The van der Waals surface area contributed by atoms with Crippen molar-refractivity contribution in [1.29, 1.82) is 0 Å². The molecular weight excluding hydrogens is 309 g/mol. The van der Waals surface area contributed by atoms with Crippen LogP contribution in [0.4, 0.5) is 24.5 Å². The molecule has 2 aromatic carbocycles. The van der Waals surface area contributed by atoms with E-state index in [9.17, 15) is 22.8 Å². The van der Waals surface area contributed by atoms with E-state index in [1.165, 1.54) is 12.1 Å². The Morgan fingerprint density at radius 1 is 0.913 bits per heavy atom. The van der Waals surface area contributed by atoms with Gasteiger partial charge in [-0.15, -0.1) is 0 Å². The molecule has 0 spiro atoms. The lowest BCUT2D eigenvalue weighted by atomic mass is 10.1. The predicted molar refractivity (Wildman–Crippen MR) is 79.8 cm³/mol. The molecule has 23 heavy (non-hydrogen) atoms. The average Bonchev–Trinajstić information content (AvgIpc) is 2.46. The Bertz CT molecular complexity index is 791. The van der Waals surface area contributed by atoms with Crippen molar-refractivity contribution in [1.82, 2.24) is 0 Å². The van der Waals surface area contributed by atoms with Crippen LogP contribution in [0.3, 0.4) is 0 Å². The number of nitrogens with one attached hydrogen (secondary N) is 2. The van der Waals surface area contributed by atoms with Gasteiger partial charge in [-0.25, -0.2) is 13.2 Å². The van der Waals surface area contributed by atoms with Crippen LogP contribution in [-0.4, -0.2) is 11.8 Å². The minimum Gasteiger partial charge on any atom is -0.324 e. The second kappa shape index (κ2) is 6.51. The van der Waals surface area contributed by atoms with Crippen LogP contribution < -0.4 is 10.6 Å². The van der Waals surface area contributed by atoms with E-state index in [1.807, 2.05) is 0 Å². The lowest BCUT2D eigenvalue weighted by Gasteiger charge is -2.11. The van der Waals surface area contributed by atoms with Crippen molar-refractivity contribution >= 4 is 23.2 Å². The predicted octanol–water partition coefficient (Wildman–Crippen LogP) is 3.62. The van der Waals surface area contributed by atoms with Crippen LogP contribution in [0.2, 0.25) is 0 Å². The van der Waals surface area contributed by atoms with Gasteiger partial charge < -0.3 is 10.6 Å². The molecule has 0 radical (unpaired) electrons. The van der Waals surface area contributed by atoms with Crippen LogP contribution in [0.1, 0.15) is 22.8 Å². The van der Waals surface area contributed by atoms with Gasteiger partial charge in [-0.05, 0) is 30.7 Å². The zero-order valence-electron chi connectivity index (χ0n) is 12.3. The molecule has 2 amide bonds. The first-order valence-corrected chi connectivity index (χ1v) is 6.62. The van der Waals surface area contributed by atoms with Gasteiger partial charge in [-0.1, -0.05) is 6.07 Å². The quantitative estimate of drug-likeness (QED) is 0.907. The van der Waals surface area contributed by atoms with Gasteiger partial charge in [0, 0.05) is 18.6 Å². The number of hydrogen-bond donors (Lipinski definition) is 2. The van der Waals surface area contributed by atoms with Gasteiger partial charge in [-0.3, -0.25) is 9.59 Å². The third-order valence-corrected chi connectivity index (χ3v) is 3.06. The molecule has 0 unspecified atom stereocenters. The Hall–Kier alpha value is -2.83. The summed E-state index contributed by atoms with van der Waals surface area (Å²) in [4.78, 5) is 23.1. The number of amides is 2. The van der Waals surface area contributed by atoms with Crippen LogP contribution >= 0.6 is 0 Å². The standard InChI is InChI=1S/C16H13F3N2O2/c1-8-3-4-10(17)5-11(8)16(23)21-15-7-14(20-9(2)22)12(18)6-13(15)19/h3-7H,1-2H3,(H,20,22)(H,21,23). The van der Waals surface area contributed by atoms with Crippen LogP contribution in [0.25, 0.3) is 0 Å². The number of hydrogen-bond acceptors (Lipinski definition) is 2. The molecule has 120 valence electrons. The molecule has 0 atom stereocenters. The van der Waals surface area contributed by atoms with E-state index in [0.29, 0.717) is 11.6 Å². The zero-order chi connectivity index (χ0) is 17.1. The zero-order valence-corrected chi connectivity index (χ0v) is 12.3. The molecular formula is C16H13F3N2O2. The molecule has 0 aromatic heterocycles. The summed E-state index contributed by atoms with van der Waals surface area (Å²) in [6.45, 7) is 2.76. The second-order valence-corrected chi connectivity index (χ2v) is 4.91. The van der Waals surface area contributed by atoms with Crippen molar-refractivity contribution in [3.05, 3.63) is 58.9 Å². The van der Waals surface area contributed by atoms with Crippen molar-refractivity contribution in [2.75, 3.05) is 10.6 Å². The number of benzene rings is 2. The first-order valence-electron chi connectivity index (χ1n) is 6.62. The van der Waals surface area contributed by atoms with E-state index in [0.717, 1.165) is 19.1 Å². The normalized spacial score (nSPS) is 10.3. The van der Waals surface area contributed by atoms with Crippen molar-refractivity contribution < 1.29 is 22.8 Å². The van der Waals surface area contributed by atoms with Crippen LogP contribution in [0.15, 0.2) is 30.3 Å². The van der Waals surface area contributed by atoms with Crippen molar-refractivity contribution in [3.63, 3.8) is 0 Å². The van der Waals surface area contributed by atoms with E-state index < -0.39 is 29.3 Å². The lowest BCUT2D eigenvalue weighted by molar-refractivity contribution is -0.114. The van der Waals surface area contributed by atoms with Gasteiger partial charge in [0.05, 0.1) is 11.4 Å². The highest BCUT2D eigenvalue weighted by molar-refractivity contribution is 6.05. The Kier molecular flexibility index (Phi) is 4.68. The van der Waals surface area contributed by atoms with E-state index in [2.05, 4.69) is 10.6 Å². The number of aryl methyl sites for hydroxylation is 1. The summed E-state index contributed by atoms with van der Waals surface area (Å²) < 4.78 is 40.6. The van der Waals surface area contributed by atoms with E-state index in [1.54, 1.807) is 6.92 Å².